The van der Waals surface area contributed by atoms with E-state index in [2.05, 4.69) is 25.2 Å². The molecule has 2 bridgehead atoms. The summed E-state index contributed by atoms with van der Waals surface area (Å²) >= 11 is 0. The van der Waals surface area contributed by atoms with Crippen molar-refractivity contribution in [3.05, 3.63) is 64.1 Å². The smallest absolute Gasteiger partial charge is 0.378 e. The lowest BCUT2D eigenvalue weighted by Gasteiger charge is -2.35. The van der Waals surface area contributed by atoms with Gasteiger partial charge in [0.1, 0.15) is 5.82 Å². The van der Waals surface area contributed by atoms with Crippen LogP contribution in [0, 0.1) is 5.82 Å². The van der Waals surface area contributed by atoms with E-state index in [9.17, 15) is 22.8 Å². The highest BCUT2D eigenvalue weighted by molar-refractivity contribution is 6.07. The van der Waals surface area contributed by atoms with Gasteiger partial charge in [-0.05, 0) is 25.6 Å². The monoisotopic (exact) mass is 573 g/mol. The number of hydrogen-bond donors (Lipinski definition) is 2. The van der Waals surface area contributed by atoms with Crippen LogP contribution in [-0.2, 0) is 10.9 Å². The quantitative estimate of drug-likeness (QED) is 0.449. The van der Waals surface area contributed by atoms with Crippen molar-refractivity contribution in [2.45, 2.75) is 24.7 Å². The fraction of sp³-hybridized carbons (Fsp3) is 0.407. The molecular weight excluding hydrogens is 546 g/mol. The van der Waals surface area contributed by atoms with E-state index in [1.54, 1.807) is 0 Å². The van der Waals surface area contributed by atoms with Crippen molar-refractivity contribution in [2.24, 2.45) is 0 Å². The van der Waals surface area contributed by atoms with E-state index in [0.717, 1.165) is 19.2 Å². The Labute approximate surface area is 231 Å². The molecule has 10 nitrogen and oxygen atoms in total. The Balaban J connectivity index is 1.38. The van der Waals surface area contributed by atoms with Crippen LogP contribution in [0.5, 0.6) is 0 Å². The van der Waals surface area contributed by atoms with Gasteiger partial charge in [0.25, 0.3) is 5.91 Å². The average Bonchev–Trinajstić information content (AvgIpc) is 3.53. The molecule has 1 amide bonds. The summed E-state index contributed by atoms with van der Waals surface area (Å²) in [6.45, 7) is 3.64. The topological polar surface area (TPSA) is 107 Å². The zero-order chi connectivity index (χ0) is 28.9. The molecule has 2 N–H and O–H groups in total. The molecule has 2 atom stereocenters. The summed E-state index contributed by atoms with van der Waals surface area (Å²) in [4.78, 5) is 41.8. The van der Waals surface area contributed by atoms with Crippen LogP contribution in [0.4, 0.5) is 34.9 Å². The fourth-order valence-corrected chi connectivity index (χ4v) is 5.75. The number of likely N-dealkylation sites (N-methyl/N-ethyl adjacent to an activating group) is 1. The highest BCUT2D eigenvalue weighted by Crippen LogP contribution is 2.41. The maximum atomic E-state index is 15.6. The zero-order valence-corrected chi connectivity index (χ0v) is 22.0. The van der Waals surface area contributed by atoms with Crippen molar-refractivity contribution < 1.29 is 27.1 Å². The van der Waals surface area contributed by atoms with Crippen molar-refractivity contribution in [1.82, 2.24) is 19.9 Å². The maximum Gasteiger partial charge on any atom is 0.417 e. The number of rotatable bonds is 5. The Kier molecular flexibility index (Phi) is 6.90. The van der Waals surface area contributed by atoms with E-state index in [1.807, 2.05) is 16.8 Å². The number of ether oxygens (including phenoxy) is 1. The zero-order valence-electron chi connectivity index (χ0n) is 22.0. The molecular formula is C27H27F4N7O3. The summed E-state index contributed by atoms with van der Waals surface area (Å²) in [7, 11) is 2.00. The van der Waals surface area contributed by atoms with Crippen molar-refractivity contribution in [3.63, 3.8) is 0 Å². The van der Waals surface area contributed by atoms with Gasteiger partial charge in [-0.15, -0.1) is 0 Å². The number of hydrogen-bond acceptors (Lipinski definition) is 8. The van der Waals surface area contributed by atoms with Gasteiger partial charge in [-0.1, -0.05) is 0 Å². The number of amides is 1. The number of carbonyl (C=O) groups is 1. The lowest BCUT2D eigenvalue weighted by atomic mass is 10.0. The average molecular weight is 574 g/mol. The van der Waals surface area contributed by atoms with Crippen molar-refractivity contribution in [3.8, 4) is 11.1 Å². The Morgan fingerprint density at radius 2 is 1.83 bits per heavy atom. The predicted octanol–water partition coefficient (Wildman–Crippen LogP) is 2.97. The minimum atomic E-state index is -4.93. The van der Waals surface area contributed by atoms with Gasteiger partial charge in [-0.25, -0.2) is 14.4 Å². The van der Waals surface area contributed by atoms with Crippen molar-refractivity contribution in [2.75, 3.05) is 61.6 Å². The van der Waals surface area contributed by atoms with Crippen molar-refractivity contribution >= 4 is 23.2 Å². The van der Waals surface area contributed by atoms with E-state index in [1.165, 1.54) is 24.5 Å². The molecule has 0 spiro atoms. The first kappa shape index (κ1) is 27.1. The van der Waals surface area contributed by atoms with Gasteiger partial charge in [-0.2, -0.15) is 13.2 Å². The second kappa shape index (κ2) is 10.4. The van der Waals surface area contributed by atoms with Crippen LogP contribution in [0.3, 0.4) is 0 Å². The number of aromatic amines is 1. The second-order valence-corrected chi connectivity index (χ2v) is 10.4. The standard InChI is InChI=1S/C27H27F4N7O3/c1-36-13-17-6-16(36)14-38(17)23-9-21(28)18(15-10-33-26(34-11-15)37-2-4-41-5-3-37)7-22(23)35-25(40)19-12-32-24(39)8-20(19)27(29,30)31/h7-12,16-17H,2-6,13-14H2,1H3,(H,32,39)(H,35,40). The van der Waals surface area contributed by atoms with Gasteiger partial charge in [-0.3, -0.25) is 14.5 Å². The second-order valence-electron chi connectivity index (χ2n) is 10.4. The fourth-order valence-electron chi connectivity index (χ4n) is 5.75. The number of H-pyrrole nitrogens is 1. The highest BCUT2D eigenvalue weighted by atomic mass is 19.4. The number of nitrogens with one attached hydrogen (secondary N) is 2. The van der Waals surface area contributed by atoms with Gasteiger partial charge in [0.15, 0.2) is 0 Å². The summed E-state index contributed by atoms with van der Waals surface area (Å²) in [6.07, 6.45) is -0.413. The van der Waals surface area contributed by atoms with Crippen molar-refractivity contribution in [1.29, 1.82) is 0 Å². The summed E-state index contributed by atoms with van der Waals surface area (Å²) in [5.41, 5.74) is -2.19. The lowest BCUT2D eigenvalue weighted by Crippen LogP contribution is -2.44. The Hall–Kier alpha value is -4.04. The SMILES string of the molecule is CN1CC2CC1CN2c1cc(F)c(-c2cnc(N3CCOCC3)nc2)cc1NC(=O)c1c[nH]c(=O)cc1C(F)(F)F. The largest absolute Gasteiger partial charge is 0.417 e. The number of carbonyl (C=O) groups excluding carboxylic acids is 1. The molecule has 6 rings (SSSR count). The maximum absolute atomic E-state index is 15.6. The van der Waals surface area contributed by atoms with E-state index >= 15 is 4.39 Å². The van der Waals surface area contributed by atoms with E-state index in [0.29, 0.717) is 56.1 Å². The number of anilines is 3. The van der Waals surface area contributed by atoms with Crippen LogP contribution in [0.1, 0.15) is 22.3 Å². The van der Waals surface area contributed by atoms with Gasteiger partial charge < -0.3 is 24.8 Å². The number of alkyl halides is 3. The van der Waals surface area contributed by atoms with Crippen LogP contribution >= 0.6 is 0 Å². The molecule has 0 saturated carbocycles. The molecule has 3 aliphatic heterocycles. The lowest BCUT2D eigenvalue weighted by molar-refractivity contribution is -0.138. The number of morpholine rings is 1. The predicted molar refractivity (Wildman–Crippen MR) is 143 cm³/mol. The molecule has 216 valence electrons. The first-order valence-corrected chi connectivity index (χ1v) is 13.2. The summed E-state index contributed by atoms with van der Waals surface area (Å²) < 4.78 is 62.0. The van der Waals surface area contributed by atoms with Gasteiger partial charge in [0, 0.05) is 74.0 Å². The number of nitrogens with zero attached hydrogens (tertiary/aromatic N) is 5. The molecule has 14 heteroatoms. The number of pyridine rings is 1. The number of fused-ring (bicyclic) bond motifs is 2. The summed E-state index contributed by atoms with van der Waals surface area (Å²) in [5.74, 6) is -1.21. The number of benzene rings is 1. The highest BCUT2D eigenvalue weighted by Gasteiger charge is 2.43. The Morgan fingerprint density at radius 1 is 1.10 bits per heavy atom. The normalized spacial score (nSPS) is 21.0. The molecule has 0 aliphatic carbocycles. The third-order valence-electron chi connectivity index (χ3n) is 7.87. The van der Waals surface area contributed by atoms with Gasteiger partial charge in [0.05, 0.1) is 35.7 Å². The molecule has 3 fully saturated rings. The van der Waals surface area contributed by atoms with Crippen LogP contribution in [0.25, 0.3) is 11.1 Å². The van der Waals surface area contributed by atoms with Crippen LogP contribution in [0.15, 0.2) is 41.6 Å². The van der Waals surface area contributed by atoms with Crippen LogP contribution in [-0.4, -0.2) is 84.3 Å². The minimum Gasteiger partial charge on any atom is -0.378 e. The molecule has 3 aromatic rings. The van der Waals surface area contributed by atoms with E-state index < -0.39 is 34.6 Å². The number of piperazine rings is 1. The molecule has 41 heavy (non-hydrogen) atoms. The third kappa shape index (κ3) is 5.24. The molecule has 1 aromatic carbocycles. The number of likely N-dealkylation sites (tertiary alicyclic amines) is 1. The molecule has 2 unspecified atom stereocenters. The molecule has 3 saturated heterocycles. The number of halogens is 4. The Bertz CT molecular complexity index is 1520. The van der Waals surface area contributed by atoms with E-state index in [-0.39, 0.29) is 23.3 Å². The third-order valence-corrected chi connectivity index (χ3v) is 7.87. The van der Waals surface area contributed by atoms with Gasteiger partial charge in [0.2, 0.25) is 11.5 Å². The molecule has 5 heterocycles. The van der Waals surface area contributed by atoms with Crippen LogP contribution < -0.4 is 20.7 Å². The summed E-state index contributed by atoms with van der Waals surface area (Å²) in [6, 6.07) is 3.32. The first-order valence-electron chi connectivity index (χ1n) is 13.2. The molecule has 0 radical (unpaired) electrons. The molecule has 3 aliphatic rings. The van der Waals surface area contributed by atoms with Crippen LogP contribution in [0.2, 0.25) is 0 Å². The van der Waals surface area contributed by atoms with E-state index in [4.69, 9.17) is 4.74 Å². The molecule has 2 aromatic heterocycles. The number of aromatic nitrogens is 3. The summed E-state index contributed by atoms with van der Waals surface area (Å²) in [5, 5.41) is 2.56. The first-order chi connectivity index (χ1) is 19.6. The van der Waals surface area contributed by atoms with Gasteiger partial charge >= 0.3 is 6.18 Å². The Morgan fingerprint density at radius 3 is 2.46 bits per heavy atom. The minimum absolute atomic E-state index is 0.0563.